The van der Waals surface area contributed by atoms with Crippen LogP contribution >= 0.6 is 0 Å². The van der Waals surface area contributed by atoms with Crippen LogP contribution in [0.4, 0.5) is 18.9 Å². The predicted molar refractivity (Wildman–Crippen MR) is 50.6 cm³/mol. The van der Waals surface area contributed by atoms with Crippen molar-refractivity contribution in [2.24, 2.45) is 5.10 Å². The maximum Gasteiger partial charge on any atom is 0.418 e. The van der Waals surface area contributed by atoms with Gasteiger partial charge in [0.15, 0.2) is 0 Å². The monoisotopic (exact) mass is 233 g/mol. The Balaban J connectivity index is 2.92. The van der Waals surface area contributed by atoms with Gasteiger partial charge in [0.2, 0.25) is 0 Å². The Hall–Kier alpha value is -2.12. The van der Waals surface area contributed by atoms with Crippen molar-refractivity contribution < 1.29 is 18.1 Å². The molecule has 0 spiro atoms. The normalized spacial score (nSPS) is 11.7. The number of nitrogens with zero attached hydrogens (tertiary/aromatic N) is 2. The van der Waals surface area contributed by atoms with Crippen molar-refractivity contribution in [3.05, 3.63) is 39.9 Å². The summed E-state index contributed by atoms with van der Waals surface area (Å²) in [6.07, 6.45) is -4.26. The molecule has 0 heterocycles. The summed E-state index contributed by atoms with van der Waals surface area (Å²) in [5.41, 5.74) is 0.684. The third-order valence-electron chi connectivity index (χ3n) is 1.57. The van der Waals surface area contributed by atoms with E-state index in [2.05, 4.69) is 5.10 Å². The molecule has 1 aromatic carbocycles. The van der Waals surface area contributed by atoms with E-state index in [1.54, 1.807) is 0 Å². The lowest BCUT2D eigenvalue weighted by Crippen LogP contribution is -2.08. The molecule has 0 aromatic heterocycles. The Morgan fingerprint density at radius 2 is 2.00 bits per heavy atom. The van der Waals surface area contributed by atoms with Crippen molar-refractivity contribution >= 4 is 12.0 Å². The smallest absolute Gasteiger partial charge is 0.358 e. The number of hydrazone groups is 1. The highest BCUT2D eigenvalue weighted by Crippen LogP contribution is 2.34. The number of hydrogen-bond donors (Lipinski definition) is 1. The third kappa shape index (κ3) is 3.23. The summed E-state index contributed by atoms with van der Waals surface area (Å²) in [6.45, 7) is 0. The fourth-order valence-corrected chi connectivity index (χ4v) is 0.973. The molecule has 8 heteroatoms. The van der Waals surface area contributed by atoms with Crippen molar-refractivity contribution in [1.82, 2.24) is 0 Å². The van der Waals surface area contributed by atoms with Crippen LogP contribution in [0.3, 0.4) is 0 Å². The average Bonchev–Trinajstić information content (AvgIpc) is 2.16. The van der Waals surface area contributed by atoms with Crippen molar-refractivity contribution in [3.63, 3.8) is 0 Å². The van der Waals surface area contributed by atoms with Crippen LogP contribution in [0.15, 0.2) is 29.4 Å². The quantitative estimate of drug-likeness (QED) is 0.377. The highest BCUT2D eigenvalue weighted by atomic mass is 19.4. The van der Waals surface area contributed by atoms with E-state index in [9.17, 15) is 23.3 Å². The fraction of sp³-hybridized carbons (Fsp3) is 0.125. The van der Waals surface area contributed by atoms with Gasteiger partial charge in [-0.05, 0) is 17.1 Å². The molecule has 0 atom stereocenters. The van der Waals surface area contributed by atoms with Gasteiger partial charge >= 0.3 is 12.5 Å². The number of nitro groups is 1. The zero-order valence-corrected chi connectivity index (χ0v) is 7.73. The Morgan fingerprint density at radius 1 is 1.38 bits per heavy atom. The molecule has 1 rings (SSSR count). The molecule has 5 nitrogen and oxygen atoms in total. The largest absolute Gasteiger partial charge is 0.418 e. The maximum atomic E-state index is 12.4. The van der Waals surface area contributed by atoms with Crippen molar-refractivity contribution in [1.29, 1.82) is 0 Å². The van der Waals surface area contributed by atoms with E-state index in [-0.39, 0.29) is 12.0 Å². The Kier molecular flexibility index (Phi) is 3.44. The minimum Gasteiger partial charge on any atom is -0.358 e. The van der Waals surface area contributed by atoms with Crippen LogP contribution in [0.2, 0.25) is 0 Å². The van der Waals surface area contributed by atoms with E-state index in [1.807, 2.05) is 5.43 Å². The van der Waals surface area contributed by atoms with Crippen molar-refractivity contribution in [2.75, 3.05) is 5.43 Å². The summed E-state index contributed by atoms with van der Waals surface area (Å²) in [4.78, 5) is 8.98. The lowest BCUT2D eigenvalue weighted by Gasteiger charge is -2.09. The summed E-state index contributed by atoms with van der Waals surface area (Å²) >= 11 is 0. The topological polar surface area (TPSA) is 67.5 Å². The van der Waals surface area contributed by atoms with E-state index < -0.39 is 16.7 Å². The van der Waals surface area contributed by atoms with Crippen LogP contribution in [0.1, 0.15) is 5.56 Å². The Bertz CT molecular complexity index is 417. The van der Waals surface area contributed by atoms with Gasteiger partial charge in [0.05, 0.1) is 11.3 Å². The van der Waals surface area contributed by atoms with Crippen LogP contribution in [0.25, 0.3) is 0 Å². The molecule has 0 bridgehead atoms. The number of halogens is 3. The van der Waals surface area contributed by atoms with Gasteiger partial charge in [-0.1, -0.05) is 12.1 Å². The van der Waals surface area contributed by atoms with E-state index in [1.165, 1.54) is 12.1 Å². The summed E-state index contributed by atoms with van der Waals surface area (Å²) in [5, 5.41) is 12.9. The Morgan fingerprint density at radius 3 is 2.56 bits per heavy atom. The van der Waals surface area contributed by atoms with Gasteiger partial charge in [-0.15, -0.1) is 0 Å². The first-order chi connectivity index (χ1) is 7.41. The molecule has 0 aliphatic rings. The molecule has 0 aliphatic carbocycles. The average molecular weight is 233 g/mol. The number of anilines is 1. The summed E-state index contributed by atoms with van der Waals surface area (Å²) in [7, 11) is 0. The number of benzene rings is 1. The molecule has 1 N–H and O–H groups in total. The summed E-state index contributed by atoms with van der Waals surface area (Å²) in [6, 6.07) is 4.55. The number of alkyl halides is 3. The third-order valence-corrected chi connectivity index (χ3v) is 1.57. The minimum absolute atomic E-state index is 0.271. The van der Waals surface area contributed by atoms with Crippen LogP contribution in [0, 0.1) is 10.1 Å². The molecular weight excluding hydrogens is 227 g/mol. The van der Waals surface area contributed by atoms with Gasteiger partial charge in [-0.3, -0.25) is 0 Å². The molecule has 0 saturated heterocycles. The molecule has 0 fully saturated rings. The van der Waals surface area contributed by atoms with Crippen molar-refractivity contribution in [3.8, 4) is 0 Å². The number of para-hydroxylation sites is 1. The Labute approximate surface area is 87.7 Å². The zero-order valence-electron chi connectivity index (χ0n) is 7.73. The van der Waals surface area contributed by atoms with Gasteiger partial charge in [-0.25, -0.2) is 0 Å². The zero-order chi connectivity index (χ0) is 12.2. The van der Waals surface area contributed by atoms with Gasteiger partial charge in [0.1, 0.15) is 0 Å². The summed E-state index contributed by atoms with van der Waals surface area (Å²) < 4.78 is 37.2. The van der Waals surface area contributed by atoms with E-state index in [4.69, 9.17) is 0 Å². The second-order valence-corrected chi connectivity index (χ2v) is 2.69. The van der Waals surface area contributed by atoms with Crippen LogP contribution in [-0.4, -0.2) is 11.3 Å². The first kappa shape index (κ1) is 12.0. The van der Waals surface area contributed by atoms with Gasteiger partial charge < -0.3 is 10.1 Å². The molecule has 0 amide bonds. The standard InChI is InChI=1S/C8H6F3N3O2/c9-8(10,11)6-3-1-2-4-7(6)13-12-5-14(15)16/h1-5,13H/b12-5-. The first-order valence-corrected chi connectivity index (χ1v) is 4.00. The number of hydrogen-bond acceptors (Lipinski definition) is 4. The molecule has 0 saturated carbocycles. The van der Waals surface area contributed by atoms with Crippen LogP contribution < -0.4 is 5.43 Å². The highest BCUT2D eigenvalue weighted by molar-refractivity contribution is 5.55. The fourth-order valence-electron chi connectivity index (χ4n) is 0.973. The van der Waals surface area contributed by atoms with Crippen LogP contribution in [0.5, 0.6) is 0 Å². The molecule has 0 aliphatic heterocycles. The van der Waals surface area contributed by atoms with Gasteiger partial charge in [0, 0.05) is 5.10 Å². The lowest BCUT2D eigenvalue weighted by atomic mass is 10.2. The minimum atomic E-state index is -4.53. The van der Waals surface area contributed by atoms with E-state index in [0.717, 1.165) is 12.1 Å². The van der Waals surface area contributed by atoms with Crippen LogP contribution in [-0.2, 0) is 6.18 Å². The number of nitrogens with one attached hydrogen (secondary N) is 1. The van der Waals surface area contributed by atoms with Crippen molar-refractivity contribution in [2.45, 2.75) is 6.18 Å². The van der Waals surface area contributed by atoms with E-state index >= 15 is 0 Å². The molecule has 0 unspecified atom stereocenters. The van der Waals surface area contributed by atoms with E-state index in [0.29, 0.717) is 0 Å². The molecular formula is C8H6F3N3O2. The lowest BCUT2D eigenvalue weighted by molar-refractivity contribution is -0.339. The van der Waals surface area contributed by atoms with Gasteiger partial charge in [0.25, 0.3) is 0 Å². The highest BCUT2D eigenvalue weighted by Gasteiger charge is 2.33. The molecule has 86 valence electrons. The second kappa shape index (κ2) is 4.60. The summed E-state index contributed by atoms with van der Waals surface area (Å²) in [5.74, 6) is 0. The number of rotatable bonds is 3. The predicted octanol–water partition coefficient (Wildman–Crippen LogP) is 2.34. The first-order valence-electron chi connectivity index (χ1n) is 4.00. The second-order valence-electron chi connectivity index (χ2n) is 2.69. The maximum absolute atomic E-state index is 12.4. The molecule has 0 radical (unpaired) electrons. The van der Waals surface area contributed by atoms with Gasteiger partial charge in [-0.2, -0.15) is 18.6 Å². The molecule has 16 heavy (non-hydrogen) atoms. The molecule has 1 aromatic rings. The SMILES string of the molecule is O=[N+]([O-])/C=N\Nc1ccccc1C(F)(F)F.